The van der Waals surface area contributed by atoms with Crippen LogP contribution in [0.15, 0.2) is 78.5 Å². The molecular formula is C25H22ClN3O3. The number of imide groups is 1. The van der Waals surface area contributed by atoms with Gasteiger partial charge in [0, 0.05) is 30.5 Å². The standard InChI is InChI=1S/C25H22ClN3O3/c1-28(2)19-12-8-18(9-13-19)27-23-22(16-4-14-21(32-3)15-5-16)24(30)29(25(23)31)20-10-6-17(26)7-11-20/h4-15,27H,1-3H3. The van der Waals surface area contributed by atoms with E-state index in [-0.39, 0.29) is 5.70 Å². The molecule has 0 aromatic heterocycles. The van der Waals surface area contributed by atoms with Gasteiger partial charge >= 0.3 is 0 Å². The lowest BCUT2D eigenvalue weighted by atomic mass is 10.0. The summed E-state index contributed by atoms with van der Waals surface area (Å²) in [5, 5.41) is 3.69. The van der Waals surface area contributed by atoms with Crippen LogP contribution in [0.5, 0.6) is 5.75 Å². The van der Waals surface area contributed by atoms with Crippen molar-refractivity contribution in [1.82, 2.24) is 0 Å². The van der Waals surface area contributed by atoms with E-state index in [2.05, 4.69) is 5.32 Å². The number of methoxy groups -OCH3 is 1. The number of anilines is 3. The number of carbonyl (C=O) groups excluding carboxylic acids is 2. The van der Waals surface area contributed by atoms with Gasteiger partial charge in [0.2, 0.25) is 0 Å². The van der Waals surface area contributed by atoms with E-state index in [1.165, 1.54) is 0 Å². The second-order valence-corrected chi connectivity index (χ2v) is 7.90. The molecule has 0 fully saturated rings. The van der Waals surface area contributed by atoms with Crippen molar-refractivity contribution in [2.75, 3.05) is 36.3 Å². The molecular weight excluding hydrogens is 426 g/mol. The van der Waals surface area contributed by atoms with Crippen LogP contribution in [0.25, 0.3) is 5.57 Å². The lowest BCUT2D eigenvalue weighted by Crippen LogP contribution is -2.32. The molecule has 3 aromatic rings. The summed E-state index contributed by atoms with van der Waals surface area (Å²) in [6.07, 6.45) is 0. The topological polar surface area (TPSA) is 61.9 Å². The minimum absolute atomic E-state index is 0.215. The fourth-order valence-electron chi connectivity index (χ4n) is 3.48. The Balaban J connectivity index is 1.77. The Bertz CT molecular complexity index is 1180. The van der Waals surface area contributed by atoms with Gasteiger partial charge in [-0.2, -0.15) is 0 Å². The number of halogens is 1. The van der Waals surface area contributed by atoms with Gasteiger partial charge in [0.25, 0.3) is 11.8 Å². The third kappa shape index (κ3) is 4.05. The molecule has 0 saturated carbocycles. The summed E-state index contributed by atoms with van der Waals surface area (Å²) in [6, 6.07) is 21.3. The first-order valence-corrected chi connectivity index (χ1v) is 10.3. The van der Waals surface area contributed by atoms with Gasteiger partial charge < -0.3 is 15.0 Å². The second kappa shape index (κ2) is 8.77. The smallest absolute Gasteiger partial charge is 0.282 e. The van der Waals surface area contributed by atoms with Crippen molar-refractivity contribution in [3.63, 3.8) is 0 Å². The van der Waals surface area contributed by atoms with Crippen LogP contribution in [0.2, 0.25) is 5.02 Å². The second-order valence-electron chi connectivity index (χ2n) is 7.47. The van der Waals surface area contributed by atoms with Crippen LogP contribution in [0.1, 0.15) is 5.56 Å². The Morgan fingerprint density at radius 1 is 0.844 bits per heavy atom. The molecule has 0 saturated heterocycles. The molecule has 0 bridgehead atoms. The summed E-state index contributed by atoms with van der Waals surface area (Å²) >= 11 is 5.99. The lowest BCUT2D eigenvalue weighted by Gasteiger charge is -2.16. The van der Waals surface area contributed by atoms with Gasteiger partial charge in [0.15, 0.2) is 0 Å². The van der Waals surface area contributed by atoms with E-state index in [1.54, 1.807) is 55.6 Å². The van der Waals surface area contributed by atoms with Gasteiger partial charge in [-0.1, -0.05) is 23.7 Å². The van der Waals surface area contributed by atoms with Crippen LogP contribution in [0, 0.1) is 0 Å². The third-order valence-electron chi connectivity index (χ3n) is 5.20. The summed E-state index contributed by atoms with van der Waals surface area (Å²) in [5.41, 5.74) is 3.31. The van der Waals surface area contributed by atoms with Crippen LogP contribution in [0.4, 0.5) is 17.1 Å². The largest absolute Gasteiger partial charge is 0.497 e. The number of hydrogen-bond acceptors (Lipinski definition) is 5. The van der Waals surface area contributed by atoms with E-state index in [1.807, 2.05) is 43.3 Å². The fourth-order valence-corrected chi connectivity index (χ4v) is 3.61. The predicted molar refractivity (Wildman–Crippen MR) is 128 cm³/mol. The van der Waals surface area contributed by atoms with E-state index in [0.29, 0.717) is 33.3 Å². The highest BCUT2D eigenvalue weighted by molar-refractivity contribution is 6.46. The Hall–Kier alpha value is -3.77. The van der Waals surface area contributed by atoms with Gasteiger partial charge in [-0.05, 0) is 66.2 Å². The molecule has 0 spiro atoms. The number of rotatable bonds is 6. The maximum Gasteiger partial charge on any atom is 0.282 e. The molecule has 0 atom stereocenters. The molecule has 3 aromatic carbocycles. The first kappa shape index (κ1) is 21.5. The van der Waals surface area contributed by atoms with E-state index in [9.17, 15) is 9.59 Å². The first-order valence-electron chi connectivity index (χ1n) is 9.96. The number of nitrogens with zero attached hydrogens (tertiary/aromatic N) is 2. The maximum absolute atomic E-state index is 13.4. The number of benzene rings is 3. The average Bonchev–Trinajstić information content (AvgIpc) is 3.04. The zero-order chi connectivity index (χ0) is 22.8. The Kier molecular flexibility index (Phi) is 5.88. The van der Waals surface area contributed by atoms with Crippen molar-refractivity contribution >= 4 is 46.1 Å². The molecule has 1 N–H and O–H groups in total. The number of hydrogen-bond donors (Lipinski definition) is 1. The summed E-state index contributed by atoms with van der Waals surface area (Å²) < 4.78 is 5.22. The number of carbonyl (C=O) groups is 2. The molecule has 0 unspecified atom stereocenters. The van der Waals surface area contributed by atoms with Crippen molar-refractivity contribution in [1.29, 1.82) is 0 Å². The van der Waals surface area contributed by atoms with Crippen LogP contribution in [-0.4, -0.2) is 33.0 Å². The highest BCUT2D eigenvalue weighted by Gasteiger charge is 2.40. The van der Waals surface area contributed by atoms with Crippen LogP contribution in [0.3, 0.4) is 0 Å². The van der Waals surface area contributed by atoms with Crippen molar-refractivity contribution in [2.45, 2.75) is 0 Å². The highest BCUT2D eigenvalue weighted by Crippen LogP contribution is 2.35. The molecule has 1 aliphatic rings. The van der Waals surface area contributed by atoms with Crippen molar-refractivity contribution < 1.29 is 14.3 Å². The van der Waals surface area contributed by atoms with Gasteiger partial charge in [-0.3, -0.25) is 9.59 Å². The van der Waals surface area contributed by atoms with Gasteiger partial charge in [0.1, 0.15) is 11.4 Å². The molecule has 0 radical (unpaired) electrons. The molecule has 4 rings (SSSR count). The molecule has 1 aliphatic heterocycles. The van der Waals surface area contributed by atoms with Crippen molar-refractivity contribution in [2.24, 2.45) is 0 Å². The molecule has 1 heterocycles. The highest BCUT2D eigenvalue weighted by atomic mass is 35.5. The van der Waals surface area contributed by atoms with Crippen LogP contribution >= 0.6 is 11.6 Å². The molecule has 0 aliphatic carbocycles. The first-order chi connectivity index (χ1) is 15.4. The van der Waals surface area contributed by atoms with Crippen LogP contribution < -0.4 is 19.9 Å². The van der Waals surface area contributed by atoms with Gasteiger partial charge in [-0.15, -0.1) is 0 Å². The van der Waals surface area contributed by atoms with E-state index in [0.717, 1.165) is 10.6 Å². The normalized spacial score (nSPS) is 13.6. The van der Waals surface area contributed by atoms with Gasteiger partial charge in [0.05, 0.1) is 18.4 Å². The lowest BCUT2D eigenvalue weighted by molar-refractivity contribution is -0.120. The van der Waals surface area contributed by atoms with Crippen molar-refractivity contribution in [3.8, 4) is 5.75 Å². The SMILES string of the molecule is COc1ccc(C2=C(Nc3ccc(N(C)C)cc3)C(=O)N(c3ccc(Cl)cc3)C2=O)cc1. The van der Waals surface area contributed by atoms with E-state index < -0.39 is 11.8 Å². The molecule has 32 heavy (non-hydrogen) atoms. The molecule has 6 nitrogen and oxygen atoms in total. The third-order valence-corrected chi connectivity index (χ3v) is 5.45. The summed E-state index contributed by atoms with van der Waals surface area (Å²) in [6.45, 7) is 0. The summed E-state index contributed by atoms with van der Waals surface area (Å²) in [5.74, 6) is -0.177. The zero-order valence-corrected chi connectivity index (χ0v) is 18.7. The minimum atomic E-state index is -0.431. The monoisotopic (exact) mass is 447 g/mol. The fraction of sp³-hybridized carbons (Fsp3) is 0.120. The molecule has 7 heteroatoms. The quantitative estimate of drug-likeness (QED) is 0.549. The average molecular weight is 448 g/mol. The molecule has 162 valence electrons. The number of nitrogens with one attached hydrogen (secondary N) is 1. The Morgan fingerprint density at radius 2 is 1.47 bits per heavy atom. The number of amides is 2. The molecule has 2 amide bonds. The van der Waals surface area contributed by atoms with E-state index >= 15 is 0 Å². The summed E-state index contributed by atoms with van der Waals surface area (Å²) in [4.78, 5) is 30.0. The maximum atomic E-state index is 13.4. The Labute approximate surface area is 191 Å². The Morgan fingerprint density at radius 3 is 2.03 bits per heavy atom. The van der Waals surface area contributed by atoms with Gasteiger partial charge in [-0.25, -0.2) is 4.90 Å². The number of ether oxygens (including phenoxy) is 1. The van der Waals surface area contributed by atoms with Crippen molar-refractivity contribution in [3.05, 3.63) is 89.1 Å². The predicted octanol–water partition coefficient (Wildman–Crippen LogP) is 4.81. The van der Waals surface area contributed by atoms with Crippen LogP contribution in [-0.2, 0) is 9.59 Å². The summed E-state index contributed by atoms with van der Waals surface area (Å²) in [7, 11) is 5.48. The minimum Gasteiger partial charge on any atom is -0.497 e. The zero-order valence-electron chi connectivity index (χ0n) is 17.9. The van der Waals surface area contributed by atoms with E-state index in [4.69, 9.17) is 16.3 Å².